The van der Waals surface area contributed by atoms with Gasteiger partial charge in [0, 0.05) is 12.1 Å². The van der Waals surface area contributed by atoms with Crippen LogP contribution in [-0.4, -0.2) is 12.2 Å². The van der Waals surface area contributed by atoms with Crippen molar-refractivity contribution in [3.63, 3.8) is 0 Å². The minimum absolute atomic E-state index is 0.138. The monoisotopic (exact) mass is 323 g/mol. The molecule has 0 fully saturated rings. The van der Waals surface area contributed by atoms with Crippen LogP contribution in [-0.2, 0) is 0 Å². The van der Waals surface area contributed by atoms with E-state index in [9.17, 15) is 5.11 Å². The average Bonchev–Trinajstić information content (AvgIpc) is 2.45. The quantitative estimate of drug-likeness (QED) is 0.831. The van der Waals surface area contributed by atoms with Crippen molar-refractivity contribution >= 4 is 28.9 Å². The maximum atomic E-state index is 9.61. The number of benzene rings is 2. The normalized spacial score (nSPS) is 13.8. The van der Waals surface area contributed by atoms with E-state index in [4.69, 9.17) is 23.2 Å². The molecular formula is C17H19Cl2NO. The van der Waals surface area contributed by atoms with Gasteiger partial charge in [0.2, 0.25) is 0 Å². The van der Waals surface area contributed by atoms with Crippen LogP contribution in [0.3, 0.4) is 0 Å². The number of aliphatic hydroxyl groups excluding tert-OH is 1. The Kier molecular flexibility index (Phi) is 5.15. The summed E-state index contributed by atoms with van der Waals surface area (Å²) in [5.41, 5.74) is 2.86. The molecule has 4 heteroatoms. The van der Waals surface area contributed by atoms with Crippen LogP contribution in [0.25, 0.3) is 0 Å². The van der Waals surface area contributed by atoms with Crippen LogP contribution in [0.1, 0.15) is 37.1 Å². The number of nitrogens with zero attached hydrogens (tertiary/aromatic N) is 1. The number of halogens is 2. The van der Waals surface area contributed by atoms with Gasteiger partial charge in [0.25, 0.3) is 0 Å². The first kappa shape index (κ1) is 16.2. The number of anilines is 1. The Morgan fingerprint density at radius 2 is 1.71 bits per heavy atom. The van der Waals surface area contributed by atoms with Gasteiger partial charge < -0.3 is 10.0 Å². The Labute approximate surface area is 135 Å². The van der Waals surface area contributed by atoms with Gasteiger partial charge in [0.05, 0.1) is 22.9 Å². The molecule has 0 radical (unpaired) electrons. The van der Waals surface area contributed by atoms with Gasteiger partial charge in [-0.3, -0.25) is 0 Å². The average molecular weight is 324 g/mol. The predicted molar refractivity (Wildman–Crippen MR) is 90.4 cm³/mol. The second-order valence-corrected chi connectivity index (χ2v) is 6.07. The number of hydrogen-bond acceptors (Lipinski definition) is 2. The van der Waals surface area contributed by atoms with Crippen molar-refractivity contribution in [1.82, 2.24) is 0 Å². The lowest BCUT2D eigenvalue weighted by atomic mass is 10.1. The van der Waals surface area contributed by atoms with E-state index in [0.717, 1.165) is 21.8 Å². The van der Waals surface area contributed by atoms with Gasteiger partial charge >= 0.3 is 0 Å². The third-order valence-electron chi connectivity index (χ3n) is 3.75. The molecule has 0 bridgehead atoms. The summed E-state index contributed by atoms with van der Waals surface area (Å²) in [4.78, 5) is 2.10. The second-order valence-electron chi connectivity index (χ2n) is 5.23. The Bertz CT molecular complexity index is 628. The lowest BCUT2D eigenvalue weighted by Crippen LogP contribution is -2.22. The van der Waals surface area contributed by atoms with Gasteiger partial charge in [-0.1, -0.05) is 41.4 Å². The van der Waals surface area contributed by atoms with Crippen molar-refractivity contribution in [3.8, 4) is 0 Å². The molecule has 0 aliphatic rings. The molecule has 0 saturated heterocycles. The van der Waals surface area contributed by atoms with E-state index in [1.807, 2.05) is 49.5 Å². The Balaban J connectivity index is 2.29. The molecule has 0 aromatic heterocycles. The van der Waals surface area contributed by atoms with E-state index < -0.39 is 6.10 Å². The molecule has 2 atom stereocenters. The van der Waals surface area contributed by atoms with Crippen molar-refractivity contribution in [2.45, 2.75) is 26.0 Å². The molecule has 0 aliphatic heterocycles. The molecule has 2 aromatic carbocycles. The van der Waals surface area contributed by atoms with Crippen molar-refractivity contribution in [2.75, 3.05) is 11.9 Å². The summed E-state index contributed by atoms with van der Waals surface area (Å²) in [5, 5.41) is 11.0. The van der Waals surface area contributed by atoms with E-state index in [0.29, 0.717) is 5.02 Å². The highest BCUT2D eigenvalue weighted by molar-refractivity contribution is 6.33. The fraction of sp³-hybridized carbons (Fsp3) is 0.294. The van der Waals surface area contributed by atoms with Gasteiger partial charge in [0.1, 0.15) is 0 Å². The van der Waals surface area contributed by atoms with Crippen LogP contribution >= 0.6 is 23.2 Å². The molecule has 21 heavy (non-hydrogen) atoms. The minimum Gasteiger partial charge on any atom is -0.389 e. The van der Waals surface area contributed by atoms with Crippen molar-refractivity contribution in [2.24, 2.45) is 0 Å². The molecule has 112 valence electrons. The maximum Gasteiger partial charge on any atom is 0.0762 e. The summed E-state index contributed by atoms with van der Waals surface area (Å²) in [7, 11) is 1.99. The Morgan fingerprint density at radius 3 is 2.29 bits per heavy atom. The molecule has 2 nitrogen and oxygen atoms in total. The predicted octanol–water partition coefficient (Wildman–Crippen LogP) is 5.24. The van der Waals surface area contributed by atoms with Crippen LogP contribution in [0.15, 0.2) is 42.5 Å². The van der Waals surface area contributed by atoms with E-state index >= 15 is 0 Å². The van der Waals surface area contributed by atoms with Gasteiger partial charge in [-0.05, 0) is 49.2 Å². The lowest BCUT2D eigenvalue weighted by molar-refractivity contribution is 0.199. The van der Waals surface area contributed by atoms with Gasteiger partial charge in [-0.2, -0.15) is 0 Å². The molecule has 2 aromatic rings. The first-order chi connectivity index (χ1) is 9.90. The SMILES string of the molecule is CC(c1cccc(Cl)c1)N(C)c1ccc([C@@H](C)O)cc1Cl. The molecule has 0 saturated carbocycles. The zero-order valence-corrected chi connectivity index (χ0v) is 13.9. The zero-order valence-electron chi connectivity index (χ0n) is 12.3. The number of rotatable bonds is 4. The van der Waals surface area contributed by atoms with Gasteiger partial charge in [-0.25, -0.2) is 0 Å². The van der Waals surface area contributed by atoms with Gasteiger partial charge in [-0.15, -0.1) is 0 Å². The van der Waals surface area contributed by atoms with Crippen molar-refractivity contribution in [3.05, 3.63) is 63.6 Å². The van der Waals surface area contributed by atoms with Gasteiger partial charge in [0.15, 0.2) is 0 Å². The summed E-state index contributed by atoms with van der Waals surface area (Å²) in [5.74, 6) is 0. The lowest BCUT2D eigenvalue weighted by Gasteiger charge is -2.28. The van der Waals surface area contributed by atoms with Crippen molar-refractivity contribution in [1.29, 1.82) is 0 Å². The first-order valence-corrected chi connectivity index (χ1v) is 7.61. The molecular weight excluding hydrogens is 305 g/mol. The molecule has 1 N–H and O–H groups in total. The first-order valence-electron chi connectivity index (χ1n) is 6.86. The third kappa shape index (κ3) is 3.70. The maximum absolute atomic E-state index is 9.61. The fourth-order valence-electron chi connectivity index (χ4n) is 2.27. The van der Waals surface area contributed by atoms with E-state index in [2.05, 4.69) is 11.8 Å². The minimum atomic E-state index is -0.521. The molecule has 1 unspecified atom stereocenters. The van der Waals surface area contributed by atoms with E-state index in [1.54, 1.807) is 6.92 Å². The van der Waals surface area contributed by atoms with Crippen LogP contribution < -0.4 is 4.90 Å². The standard InChI is InChI=1S/C17H19Cl2NO/c1-11(13-5-4-6-15(18)9-13)20(3)17-8-7-14(12(2)21)10-16(17)19/h4-12,21H,1-3H3/t11?,12-/m1/s1. The summed E-state index contributed by atoms with van der Waals surface area (Å²) in [6.07, 6.45) is -0.521. The highest BCUT2D eigenvalue weighted by Crippen LogP contribution is 2.33. The summed E-state index contributed by atoms with van der Waals surface area (Å²) < 4.78 is 0. The zero-order chi connectivity index (χ0) is 15.6. The number of hydrogen-bond donors (Lipinski definition) is 1. The largest absolute Gasteiger partial charge is 0.389 e. The van der Waals surface area contributed by atoms with Crippen molar-refractivity contribution < 1.29 is 5.11 Å². The smallest absolute Gasteiger partial charge is 0.0762 e. The third-order valence-corrected chi connectivity index (χ3v) is 4.28. The van der Waals surface area contributed by atoms with E-state index in [1.165, 1.54) is 0 Å². The highest BCUT2D eigenvalue weighted by Gasteiger charge is 2.16. The Hall–Kier alpha value is -1.22. The molecule has 0 aliphatic carbocycles. The molecule has 0 heterocycles. The van der Waals surface area contributed by atoms with E-state index in [-0.39, 0.29) is 6.04 Å². The number of aliphatic hydroxyl groups is 1. The van der Waals surface area contributed by atoms with Crippen LogP contribution in [0, 0.1) is 0 Å². The van der Waals surface area contributed by atoms with Crippen LogP contribution in [0.2, 0.25) is 10.0 Å². The topological polar surface area (TPSA) is 23.5 Å². The second kappa shape index (κ2) is 6.69. The molecule has 0 amide bonds. The summed E-state index contributed by atoms with van der Waals surface area (Å²) in [6.45, 7) is 3.83. The Morgan fingerprint density at radius 1 is 1.00 bits per heavy atom. The summed E-state index contributed by atoms with van der Waals surface area (Å²) >= 11 is 12.4. The molecule has 0 spiro atoms. The molecule has 2 rings (SSSR count). The van der Waals surface area contributed by atoms with Crippen LogP contribution in [0.4, 0.5) is 5.69 Å². The summed E-state index contributed by atoms with van der Waals surface area (Å²) in [6, 6.07) is 13.6. The fourth-order valence-corrected chi connectivity index (χ4v) is 2.79. The van der Waals surface area contributed by atoms with Crippen LogP contribution in [0.5, 0.6) is 0 Å². The highest BCUT2D eigenvalue weighted by atomic mass is 35.5.